The Bertz CT molecular complexity index is 803. The summed E-state index contributed by atoms with van der Waals surface area (Å²) in [4.78, 5) is 12.2. The van der Waals surface area contributed by atoms with Gasteiger partial charge in [0.1, 0.15) is 6.61 Å². The number of hydrogen-bond acceptors (Lipinski definition) is 5. The average Bonchev–Trinajstić information content (AvgIpc) is 2.91. The van der Waals surface area contributed by atoms with Crippen LogP contribution >= 0.6 is 11.8 Å². The third-order valence-corrected chi connectivity index (χ3v) is 4.21. The van der Waals surface area contributed by atoms with Gasteiger partial charge in [0, 0.05) is 0 Å². The normalized spacial score (nSPS) is 15.5. The van der Waals surface area contributed by atoms with Crippen LogP contribution in [0.15, 0.2) is 53.4 Å². The lowest BCUT2D eigenvalue weighted by Crippen LogP contribution is -2.18. The van der Waals surface area contributed by atoms with Crippen LogP contribution in [0.25, 0.3) is 6.08 Å². The summed E-state index contributed by atoms with van der Waals surface area (Å²) in [6.07, 6.45) is 1.73. The summed E-state index contributed by atoms with van der Waals surface area (Å²) in [5, 5.41) is 10.1. The minimum atomic E-state index is -0.257. The fourth-order valence-corrected chi connectivity index (χ4v) is 2.93. The molecule has 122 valence electrons. The number of carbonyl (C=O) groups excluding carboxylic acids is 1. The maximum absolute atomic E-state index is 11.7. The van der Waals surface area contributed by atoms with Gasteiger partial charge in [0.2, 0.25) is 0 Å². The van der Waals surface area contributed by atoms with Crippen LogP contribution in [0.1, 0.15) is 11.1 Å². The molecule has 1 aliphatic rings. The molecular formula is C18H16N2O3S. The molecular weight excluding hydrogens is 324 g/mol. The second-order valence-corrected chi connectivity index (χ2v) is 6.13. The summed E-state index contributed by atoms with van der Waals surface area (Å²) in [6.45, 7) is 0.428. The van der Waals surface area contributed by atoms with Crippen molar-refractivity contribution in [1.82, 2.24) is 5.32 Å². The Morgan fingerprint density at radius 2 is 1.96 bits per heavy atom. The van der Waals surface area contributed by atoms with Crippen molar-refractivity contribution in [2.45, 2.75) is 6.61 Å². The third-order valence-electron chi connectivity index (χ3n) is 3.39. The Balaban J connectivity index is 1.81. The van der Waals surface area contributed by atoms with Crippen LogP contribution in [0.3, 0.4) is 0 Å². The van der Waals surface area contributed by atoms with E-state index in [1.165, 1.54) is 0 Å². The lowest BCUT2D eigenvalue weighted by molar-refractivity contribution is -0.115. The second kappa shape index (κ2) is 7.23. The third kappa shape index (κ3) is 3.78. The smallest absolute Gasteiger partial charge is 0.264 e. The van der Waals surface area contributed by atoms with E-state index >= 15 is 0 Å². The number of rotatable bonds is 5. The number of amides is 1. The Morgan fingerprint density at radius 1 is 1.17 bits per heavy atom. The fourth-order valence-electron chi connectivity index (χ4n) is 2.22. The van der Waals surface area contributed by atoms with E-state index in [1.807, 2.05) is 42.5 Å². The van der Waals surface area contributed by atoms with Gasteiger partial charge in [-0.2, -0.15) is 0 Å². The highest BCUT2D eigenvalue weighted by atomic mass is 32.2. The van der Waals surface area contributed by atoms with Gasteiger partial charge in [0.15, 0.2) is 16.7 Å². The molecule has 6 heteroatoms. The summed E-state index contributed by atoms with van der Waals surface area (Å²) in [7, 11) is 1.59. The van der Waals surface area contributed by atoms with Crippen molar-refractivity contribution < 1.29 is 14.3 Å². The maximum Gasteiger partial charge on any atom is 0.264 e. The fraction of sp³-hybridized carbons (Fsp3) is 0.111. The molecule has 1 amide bonds. The monoisotopic (exact) mass is 340 g/mol. The molecule has 0 atom stereocenters. The molecule has 3 rings (SSSR count). The molecule has 0 aliphatic carbocycles. The van der Waals surface area contributed by atoms with Crippen LogP contribution in [-0.2, 0) is 11.4 Å². The molecule has 2 aromatic rings. The first-order valence-corrected chi connectivity index (χ1v) is 8.11. The first-order chi connectivity index (χ1) is 11.7. The topological polar surface area (TPSA) is 71.4 Å². The first kappa shape index (κ1) is 16.1. The van der Waals surface area contributed by atoms with Gasteiger partial charge in [-0.1, -0.05) is 36.4 Å². The van der Waals surface area contributed by atoms with Crippen LogP contribution in [0.2, 0.25) is 0 Å². The number of methoxy groups -OCH3 is 1. The highest BCUT2D eigenvalue weighted by molar-refractivity contribution is 8.18. The molecule has 1 saturated heterocycles. The number of nitrogens with one attached hydrogen (secondary N) is 2. The van der Waals surface area contributed by atoms with Crippen LogP contribution < -0.4 is 14.8 Å². The van der Waals surface area contributed by atoms with Gasteiger partial charge in [-0.3, -0.25) is 10.2 Å². The van der Waals surface area contributed by atoms with Crippen LogP contribution in [0, 0.1) is 5.41 Å². The summed E-state index contributed by atoms with van der Waals surface area (Å²) in [5.74, 6) is 0.978. The summed E-state index contributed by atoms with van der Waals surface area (Å²) in [5.41, 5.74) is 1.87. The Hall–Kier alpha value is -2.73. The molecule has 0 aromatic heterocycles. The van der Waals surface area contributed by atoms with Gasteiger partial charge in [0.05, 0.1) is 12.0 Å². The van der Waals surface area contributed by atoms with Gasteiger partial charge < -0.3 is 14.8 Å². The highest BCUT2D eigenvalue weighted by Gasteiger charge is 2.22. The number of benzene rings is 2. The summed E-state index contributed by atoms with van der Waals surface area (Å²) >= 11 is 1.11. The minimum Gasteiger partial charge on any atom is -0.493 e. The molecule has 0 spiro atoms. The Morgan fingerprint density at radius 3 is 2.62 bits per heavy atom. The number of thioether (sulfide) groups is 1. The van der Waals surface area contributed by atoms with Crippen molar-refractivity contribution in [3.63, 3.8) is 0 Å². The Kier molecular flexibility index (Phi) is 4.86. The largest absolute Gasteiger partial charge is 0.493 e. The van der Waals surface area contributed by atoms with Crippen molar-refractivity contribution in [1.29, 1.82) is 5.41 Å². The zero-order chi connectivity index (χ0) is 16.9. The van der Waals surface area contributed by atoms with E-state index in [1.54, 1.807) is 19.3 Å². The molecule has 1 heterocycles. The van der Waals surface area contributed by atoms with Crippen molar-refractivity contribution in [2.24, 2.45) is 0 Å². The van der Waals surface area contributed by atoms with Gasteiger partial charge in [-0.15, -0.1) is 0 Å². The molecule has 0 radical (unpaired) electrons. The van der Waals surface area contributed by atoms with Crippen molar-refractivity contribution in [2.75, 3.05) is 7.11 Å². The zero-order valence-corrected chi connectivity index (χ0v) is 13.9. The Labute approximate surface area is 144 Å². The molecule has 2 N–H and O–H groups in total. The molecule has 5 nitrogen and oxygen atoms in total. The average molecular weight is 340 g/mol. The molecule has 0 saturated carbocycles. The maximum atomic E-state index is 11.7. The van der Waals surface area contributed by atoms with E-state index in [4.69, 9.17) is 14.9 Å². The van der Waals surface area contributed by atoms with Gasteiger partial charge in [-0.05, 0) is 41.1 Å². The second-order valence-electron chi connectivity index (χ2n) is 5.08. The van der Waals surface area contributed by atoms with Crippen LogP contribution in [0.5, 0.6) is 11.5 Å². The van der Waals surface area contributed by atoms with Gasteiger partial charge >= 0.3 is 0 Å². The van der Waals surface area contributed by atoms with E-state index in [0.29, 0.717) is 23.0 Å². The zero-order valence-electron chi connectivity index (χ0n) is 13.0. The molecule has 0 unspecified atom stereocenters. The van der Waals surface area contributed by atoms with Crippen molar-refractivity contribution >= 4 is 28.9 Å². The molecule has 2 aromatic carbocycles. The quantitative estimate of drug-likeness (QED) is 0.818. The highest BCUT2D eigenvalue weighted by Crippen LogP contribution is 2.31. The van der Waals surface area contributed by atoms with Crippen LogP contribution in [0.4, 0.5) is 0 Å². The van der Waals surface area contributed by atoms with Crippen LogP contribution in [-0.4, -0.2) is 18.2 Å². The lowest BCUT2D eigenvalue weighted by atomic mass is 10.2. The van der Waals surface area contributed by atoms with E-state index in [0.717, 1.165) is 22.9 Å². The predicted molar refractivity (Wildman–Crippen MR) is 95.2 cm³/mol. The van der Waals surface area contributed by atoms with Gasteiger partial charge in [-0.25, -0.2) is 0 Å². The van der Waals surface area contributed by atoms with E-state index in [2.05, 4.69) is 5.32 Å². The first-order valence-electron chi connectivity index (χ1n) is 7.30. The van der Waals surface area contributed by atoms with E-state index in [-0.39, 0.29) is 11.1 Å². The molecule has 24 heavy (non-hydrogen) atoms. The number of carbonyl (C=O) groups is 1. The molecule has 0 bridgehead atoms. The van der Waals surface area contributed by atoms with Gasteiger partial charge in [0.25, 0.3) is 5.91 Å². The number of amidine groups is 1. The molecule has 1 fully saturated rings. The minimum absolute atomic E-state index is 0.139. The summed E-state index contributed by atoms with van der Waals surface area (Å²) in [6, 6.07) is 15.3. The lowest BCUT2D eigenvalue weighted by Gasteiger charge is -2.11. The van der Waals surface area contributed by atoms with Crippen molar-refractivity contribution in [3.05, 3.63) is 64.6 Å². The standard InChI is InChI=1S/C18H16N2O3S/c1-22-14-8-7-13(10-16-17(21)20-18(19)24-16)9-15(14)23-11-12-5-3-2-4-6-12/h2-10H,11H2,1H3,(H2,19,20,21)/b16-10-. The van der Waals surface area contributed by atoms with E-state index < -0.39 is 0 Å². The summed E-state index contributed by atoms with van der Waals surface area (Å²) < 4.78 is 11.2. The molecule has 1 aliphatic heterocycles. The SMILES string of the molecule is COc1ccc(/C=C2\SC(=N)NC2=O)cc1OCc1ccccc1. The number of ether oxygens (including phenoxy) is 2. The van der Waals surface area contributed by atoms with Crippen molar-refractivity contribution in [3.8, 4) is 11.5 Å². The number of hydrogen-bond donors (Lipinski definition) is 2. The van der Waals surface area contributed by atoms with E-state index in [9.17, 15) is 4.79 Å². The predicted octanol–water partition coefficient (Wildman–Crippen LogP) is 3.41.